The average Bonchev–Trinajstić information content (AvgIpc) is 3.43. The van der Waals surface area contributed by atoms with Gasteiger partial charge in [-0.3, -0.25) is 19.3 Å². The van der Waals surface area contributed by atoms with Gasteiger partial charge in [-0.05, 0) is 72.8 Å². The highest BCUT2D eigenvalue weighted by atomic mass is 32.2. The number of nitrogens with one attached hydrogen (secondary N) is 1. The lowest BCUT2D eigenvalue weighted by molar-refractivity contribution is -0.127. The third-order valence-corrected chi connectivity index (χ3v) is 6.27. The van der Waals surface area contributed by atoms with E-state index in [1.807, 2.05) is 6.92 Å². The van der Waals surface area contributed by atoms with Crippen molar-refractivity contribution < 1.29 is 33.1 Å². The molecular formula is C26H22N2O7S. The van der Waals surface area contributed by atoms with Crippen LogP contribution in [0.5, 0.6) is 5.75 Å². The predicted molar refractivity (Wildman–Crippen MR) is 135 cm³/mol. The second-order valence-electron chi connectivity index (χ2n) is 7.77. The molecule has 3 aromatic rings. The van der Waals surface area contributed by atoms with E-state index in [9.17, 15) is 19.2 Å². The van der Waals surface area contributed by atoms with Gasteiger partial charge in [-0.2, -0.15) is 0 Å². The van der Waals surface area contributed by atoms with Crippen LogP contribution in [0.25, 0.3) is 17.4 Å². The van der Waals surface area contributed by atoms with Crippen LogP contribution >= 0.6 is 11.8 Å². The normalized spacial score (nSPS) is 14.3. The fourth-order valence-corrected chi connectivity index (χ4v) is 4.36. The van der Waals surface area contributed by atoms with E-state index >= 15 is 0 Å². The highest BCUT2D eigenvalue weighted by Gasteiger charge is 2.36. The summed E-state index contributed by atoms with van der Waals surface area (Å²) in [7, 11) is 2.86. The lowest BCUT2D eigenvalue weighted by Crippen LogP contribution is -2.36. The molecule has 0 atom stereocenters. The van der Waals surface area contributed by atoms with Gasteiger partial charge in [-0.1, -0.05) is 6.07 Å². The predicted octanol–water partition coefficient (Wildman–Crippen LogP) is 4.73. The van der Waals surface area contributed by atoms with E-state index in [-0.39, 0.29) is 4.91 Å². The van der Waals surface area contributed by atoms with Crippen LogP contribution in [-0.2, 0) is 14.3 Å². The first-order chi connectivity index (χ1) is 17.3. The lowest BCUT2D eigenvalue weighted by atomic mass is 10.0. The Morgan fingerprint density at radius 1 is 1.06 bits per heavy atom. The smallest absolute Gasteiger partial charge is 0.337 e. The Labute approximate surface area is 211 Å². The number of rotatable bonds is 7. The number of thioether (sulfide) groups is 1. The average molecular weight is 507 g/mol. The molecule has 4 rings (SSSR count). The molecule has 1 aliphatic heterocycles. The van der Waals surface area contributed by atoms with Crippen molar-refractivity contribution in [2.75, 3.05) is 26.1 Å². The van der Waals surface area contributed by atoms with Gasteiger partial charge in [-0.15, -0.1) is 0 Å². The van der Waals surface area contributed by atoms with Crippen LogP contribution in [-0.4, -0.2) is 48.7 Å². The maximum absolute atomic E-state index is 12.8. The number of imide groups is 1. The zero-order valence-corrected chi connectivity index (χ0v) is 20.5. The molecule has 0 spiro atoms. The highest BCUT2D eigenvalue weighted by molar-refractivity contribution is 8.18. The molecule has 1 fully saturated rings. The van der Waals surface area contributed by atoms with Crippen molar-refractivity contribution in [1.29, 1.82) is 0 Å². The molecule has 0 aliphatic carbocycles. The second-order valence-corrected chi connectivity index (χ2v) is 8.76. The molecule has 9 nitrogen and oxygen atoms in total. The largest absolute Gasteiger partial charge is 0.497 e. The molecule has 1 N–H and O–H groups in total. The molecule has 1 aromatic heterocycles. The van der Waals surface area contributed by atoms with Gasteiger partial charge in [0.05, 0.1) is 24.7 Å². The number of esters is 1. The van der Waals surface area contributed by atoms with E-state index in [2.05, 4.69) is 5.32 Å². The van der Waals surface area contributed by atoms with Gasteiger partial charge in [-0.25, -0.2) is 4.79 Å². The van der Waals surface area contributed by atoms with Crippen molar-refractivity contribution in [3.63, 3.8) is 0 Å². The Kier molecular flexibility index (Phi) is 7.25. The second kappa shape index (κ2) is 10.5. The molecule has 1 saturated heterocycles. The summed E-state index contributed by atoms with van der Waals surface area (Å²) >= 11 is 0.736. The molecule has 0 unspecified atom stereocenters. The summed E-state index contributed by atoms with van der Waals surface area (Å²) in [6.07, 6.45) is 1.47. The molecule has 1 aliphatic rings. The number of anilines is 1. The van der Waals surface area contributed by atoms with Gasteiger partial charge in [0.2, 0.25) is 5.91 Å². The van der Waals surface area contributed by atoms with Crippen LogP contribution in [0, 0.1) is 6.92 Å². The maximum atomic E-state index is 12.8. The fraction of sp³-hybridized carbons (Fsp3) is 0.154. The van der Waals surface area contributed by atoms with Crippen LogP contribution in [0.3, 0.4) is 0 Å². The van der Waals surface area contributed by atoms with E-state index in [0.29, 0.717) is 28.5 Å². The lowest BCUT2D eigenvalue weighted by Gasteiger charge is -2.12. The van der Waals surface area contributed by atoms with Gasteiger partial charge in [0.1, 0.15) is 23.8 Å². The van der Waals surface area contributed by atoms with Crippen molar-refractivity contribution in [3.8, 4) is 17.1 Å². The first-order valence-corrected chi connectivity index (χ1v) is 11.6. The molecule has 10 heteroatoms. The van der Waals surface area contributed by atoms with Crippen molar-refractivity contribution >= 4 is 46.5 Å². The molecule has 0 saturated carbocycles. The SMILES string of the molecule is COC(=O)c1ccc(-c2ccc(/C=C3/SC(=O)N(CC(=O)Nc4ccc(OC)cc4)C3=O)o2)c(C)c1. The summed E-state index contributed by atoms with van der Waals surface area (Å²) in [5.74, 6) is 0.0286. The van der Waals surface area contributed by atoms with Crippen molar-refractivity contribution in [2.45, 2.75) is 6.92 Å². The van der Waals surface area contributed by atoms with Crippen LogP contribution in [0.15, 0.2) is 63.9 Å². The number of carbonyl (C=O) groups is 4. The zero-order valence-electron chi connectivity index (χ0n) is 19.7. The van der Waals surface area contributed by atoms with Crippen LogP contribution in [0.2, 0.25) is 0 Å². The maximum Gasteiger partial charge on any atom is 0.337 e. The molecule has 0 radical (unpaired) electrons. The molecular weight excluding hydrogens is 484 g/mol. The van der Waals surface area contributed by atoms with E-state index in [0.717, 1.165) is 27.8 Å². The Morgan fingerprint density at radius 2 is 1.81 bits per heavy atom. The number of nitrogens with zero attached hydrogens (tertiary/aromatic N) is 1. The number of furan rings is 1. The van der Waals surface area contributed by atoms with E-state index in [1.165, 1.54) is 20.3 Å². The minimum Gasteiger partial charge on any atom is -0.497 e. The van der Waals surface area contributed by atoms with Gasteiger partial charge >= 0.3 is 5.97 Å². The number of hydrogen-bond donors (Lipinski definition) is 1. The number of ether oxygens (including phenoxy) is 2. The van der Waals surface area contributed by atoms with Gasteiger partial charge in [0.25, 0.3) is 11.1 Å². The summed E-state index contributed by atoms with van der Waals surface area (Å²) in [6.45, 7) is 1.43. The number of aryl methyl sites for hydroxylation is 1. The summed E-state index contributed by atoms with van der Waals surface area (Å²) in [5, 5.41) is 2.11. The van der Waals surface area contributed by atoms with Gasteiger partial charge in [0, 0.05) is 17.3 Å². The number of methoxy groups -OCH3 is 2. The first-order valence-electron chi connectivity index (χ1n) is 10.8. The molecule has 184 valence electrons. The standard InChI is InChI=1S/C26H22N2O7S/c1-15-12-16(25(31)34-3)4-10-20(15)21-11-9-19(35-21)13-22-24(30)28(26(32)36-22)14-23(29)27-17-5-7-18(33-2)8-6-17/h4-13H,14H2,1-3H3,(H,27,29)/b22-13+. The number of hydrogen-bond acceptors (Lipinski definition) is 8. The highest BCUT2D eigenvalue weighted by Crippen LogP contribution is 2.34. The topological polar surface area (TPSA) is 115 Å². The third-order valence-electron chi connectivity index (χ3n) is 5.36. The summed E-state index contributed by atoms with van der Waals surface area (Å²) in [4.78, 5) is 50.3. The number of amides is 3. The molecule has 0 bridgehead atoms. The molecule has 2 aromatic carbocycles. The van der Waals surface area contributed by atoms with Crippen molar-refractivity contribution in [3.05, 3.63) is 76.4 Å². The van der Waals surface area contributed by atoms with E-state index < -0.39 is 29.6 Å². The third kappa shape index (κ3) is 5.33. The monoisotopic (exact) mass is 506 g/mol. The number of benzene rings is 2. The summed E-state index contributed by atoms with van der Waals surface area (Å²) in [5.41, 5.74) is 2.52. The quantitative estimate of drug-likeness (QED) is 0.361. The van der Waals surface area contributed by atoms with Crippen LogP contribution in [0.1, 0.15) is 21.7 Å². The Hall–Kier alpha value is -4.31. The van der Waals surface area contributed by atoms with Crippen molar-refractivity contribution in [1.82, 2.24) is 4.90 Å². The molecule has 3 amide bonds. The van der Waals surface area contributed by atoms with E-state index in [1.54, 1.807) is 54.6 Å². The zero-order chi connectivity index (χ0) is 25.8. The van der Waals surface area contributed by atoms with E-state index in [4.69, 9.17) is 13.9 Å². The fourth-order valence-electron chi connectivity index (χ4n) is 3.54. The Balaban J connectivity index is 1.44. The number of carbonyl (C=O) groups excluding carboxylic acids is 4. The first kappa shape index (κ1) is 24.8. The minimum atomic E-state index is -0.577. The van der Waals surface area contributed by atoms with Gasteiger partial charge < -0.3 is 19.2 Å². The van der Waals surface area contributed by atoms with Crippen LogP contribution < -0.4 is 10.1 Å². The van der Waals surface area contributed by atoms with Crippen LogP contribution in [0.4, 0.5) is 10.5 Å². The summed E-state index contributed by atoms with van der Waals surface area (Å²) < 4.78 is 15.7. The summed E-state index contributed by atoms with van der Waals surface area (Å²) in [6, 6.07) is 15.2. The Morgan fingerprint density at radius 3 is 2.47 bits per heavy atom. The van der Waals surface area contributed by atoms with Gasteiger partial charge in [0.15, 0.2) is 0 Å². The molecule has 2 heterocycles. The van der Waals surface area contributed by atoms with Crippen molar-refractivity contribution in [2.24, 2.45) is 0 Å². The molecule has 36 heavy (non-hydrogen) atoms. The Bertz CT molecular complexity index is 1380. The minimum absolute atomic E-state index is 0.149.